The molecule has 0 fully saturated rings. The Labute approximate surface area is 118 Å². The molecule has 0 aliphatic carbocycles. The fraction of sp³-hybridized carbons (Fsp3) is 0.667. The fourth-order valence-electron chi connectivity index (χ4n) is 1.53. The van der Waals surface area contributed by atoms with Crippen molar-refractivity contribution in [1.29, 1.82) is 0 Å². The van der Waals surface area contributed by atoms with E-state index in [-0.39, 0.29) is 37.0 Å². The molecule has 0 aliphatic rings. The van der Waals surface area contributed by atoms with Gasteiger partial charge in [-0.1, -0.05) is 5.21 Å². The molecule has 1 aromatic rings. The summed E-state index contributed by atoms with van der Waals surface area (Å²) in [5.74, 6) is -0.419. The van der Waals surface area contributed by atoms with E-state index in [1.54, 1.807) is 13.2 Å². The molecule has 20 heavy (non-hydrogen) atoms. The average Bonchev–Trinajstić information content (AvgIpc) is 2.73. The number of nitrogens with zero attached hydrogens (tertiary/aromatic N) is 4. The molecule has 0 spiro atoms. The van der Waals surface area contributed by atoms with Crippen molar-refractivity contribution < 1.29 is 9.59 Å². The highest BCUT2D eigenvalue weighted by Crippen LogP contribution is 1.99. The molecule has 112 valence electrons. The number of nitrogens with one attached hydrogen (secondary N) is 1. The topological polar surface area (TPSA) is 106 Å². The van der Waals surface area contributed by atoms with E-state index in [1.165, 1.54) is 9.58 Å². The summed E-state index contributed by atoms with van der Waals surface area (Å²) in [5, 5.41) is 10.4. The molecular weight excluding hydrogens is 260 g/mol. The lowest BCUT2D eigenvalue weighted by Crippen LogP contribution is -2.46. The van der Waals surface area contributed by atoms with Crippen molar-refractivity contribution in [2.24, 2.45) is 5.73 Å². The van der Waals surface area contributed by atoms with E-state index in [0.29, 0.717) is 5.69 Å². The first-order valence-electron chi connectivity index (χ1n) is 6.35. The predicted octanol–water partition coefficient (Wildman–Crippen LogP) is -0.890. The predicted molar refractivity (Wildman–Crippen MR) is 73.4 cm³/mol. The summed E-state index contributed by atoms with van der Waals surface area (Å²) < 4.78 is 1.41. The van der Waals surface area contributed by atoms with Crippen LogP contribution in [0.2, 0.25) is 0 Å². The summed E-state index contributed by atoms with van der Waals surface area (Å²) in [5.41, 5.74) is 5.71. The molecule has 0 saturated heterocycles. The molecule has 0 bridgehead atoms. The van der Waals surface area contributed by atoms with Gasteiger partial charge in [0.25, 0.3) is 0 Å². The molecule has 1 rings (SSSR count). The van der Waals surface area contributed by atoms with Crippen molar-refractivity contribution in [2.75, 3.05) is 13.6 Å². The van der Waals surface area contributed by atoms with E-state index in [0.717, 1.165) is 0 Å². The smallest absolute Gasteiger partial charge is 0.244 e. The van der Waals surface area contributed by atoms with Crippen LogP contribution in [0.4, 0.5) is 0 Å². The standard InChI is InChI=1S/C12H22N6O2/c1-12(2,3)14-10(19)7-17(4)11(20)8-18-6-9(5-13)15-16-18/h6H,5,7-8,13H2,1-4H3,(H,14,19). The molecule has 0 radical (unpaired) electrons. The molecule has 2 amide bonds. The third-order valence-electron chi connectivity index (χ3n) is 2.41. The molecule has 0 aliphatic heterocycles. The molecule has 0 atom stereocenters. The van der Waals surface area contributed by atoms with E-state index in [2.05, 4.69) is 15.6 Å². The maximum atomic E-state index is 11.9. The summed E-state index contributed by atoms with van der Waals surface area (Å²) in [7, 11) is 1.57. The maximum Gasteiger partial charge on any atom is 0.244 e. The van der Waals surface area contributed by atoms with Gasteiger partial charge in [0.05, 0.1) is 18.4 Å². The number of hydrogen-bond acceptors (Lipinski definition) is 5. The molecule has 1 aromatic heterocycles. The number of carbonyl (C=O) groups excluding carboxylic acids is 2. The van der Waals surface area contributed by atoms with Crippen LogP contribution in [-0.4, -0.2) is 50.8 Å². The van der Waals surface area contributed by atoms with E-state index in [1.807, 2.05) is 20.8 Å². The van der Waals surface area contributed by atoms with Gasteiger partial charge in [0.2, 0.25) is 11.8 Å². The lowest BCUT2D eigenvalue weighted by Gasteiger charge is -2.23. The number of carbonyl (C=O) groups is 2. The average molecular weight is 282 g/mol. The zero-order valence-corrected chi connectivity index (χ0v) is 12.4. The van der Waals surface area contributed by atoms with E-state index >= 15 is 0 Å². The lowest BCUT2D eigenvalue weighted by atomic mass is 10.1. The van der Waals surface area contributed by atoms with Crippen LogP contribution in [0, 0.1) is 0 Å². The second-order valence-electron chi connectivity index (χ2n) is 5.66. The number of amides is 2. The SMILES string of the molecule is CN(CC(=O)NC(C)(C)C)C(=O)Cn1cc(CN)nn1. The minimum absolute atomic E-state index is 0.00848. The van der Waals surface area contributed by atoms with Crippen LogP contribution in [0.25, 0.3) is 0 Å². The molecule has 0 unspecified atom stereocenters. The Hall–Kier alpha value is -1.96. The van der Waals surface area contributed by atoms with Gasteiger partial charge in [-0.25, -0.2) is 4.68 Å². The Morgan fingerprint density at radius 1 is 1.45 bits per heavy atom. The van der Waals surface area contributed by atoms with Gasteiger partial charge in [-0.2, -0.15) is 0 Å². The van der Waals surface area contributed by atoms with Gasteiger partial charge < -0.3 is 16.0 Å². The summed E-state index contributed by atoms with van der Waals surface area (Å²) in [4.78, 5) is 25.0. The van der Waals surface area contributed by atoms with E-state index in [4.69, 9.17) is 5.73 Å². The van der Waals surface area contributed by atoms with Crippen molar-refractivity contribution in [3.8, 4) is 0 Å². The molecule has 8 nitrogen and oxygen atoms in total. The van der Waals surface area contributed by atoms with Crippen molar-refractivity contribution in [1.82, 2.24) is 25.2 Å². The normalized spacial score (nSPS) is 11.2. The van der Waals surface area contributed by atoms with Crippen LogP contribution in [0.1, 0.15) is 26.5 Å². The van der Waals surface area contributed by atoms with Gasteiger partial charge in [-0.15, -0.1) is 5.10 Å². The van der Waals surface area contributed by atoms with Crippen molar-refractivity contribution >= 4 is 11.8 Å². The number of nitrogens with two attached hydrogens (primary N) is 1. The van der Waals surface area contributed by atoms with Gasteiger partial charge in [0.15, 0.2) is 0 Å². The Kier molecular flexibility index (Phi) is 5.20. The monoisotopic (exact) mass is 282 g/mol. The van der Waals surface area contributed by atoms with Crippen molar-refractivity contribution in [3.05, 3.63) is 11.9 Å². The van der Waals surface area contributed by atoms with Gasteiger partial charge in [0.1, 0.15) is 6.54 Å². The second kappa shape index (κ2) is 6.47. The highest BCUT2D eigenvalue weighted by molar-refractivity contribution is 5.84. The highest BCUT2D eigenvalue weighted by Gasteiger charge is 2.18. The summed E-state index contributed by atoms with van der Waals surface area (Å²) in [6.07, 6.45) is 1.61. The number of hydrogen-bond donors (Lipinski definition) is 2. The van der Waals surface area contributed by atoms with E-state index < -0.39 is 0 Å². The minimum Gasteiger partial charge on any atom is -0.350 e. The van der Waals surface area contributed by atoms with E-state index in [9.17, 15) is 9.59 Å². The Balaban J connectivity index is 2.48. The third-order valence-corrected chi connectivity index (χ3v) is 2.41. The summed E-state index contributed by atoms with van der Waals surface area (Å²) >= 11 is 0. The fourth-order valence-corrected chi connectivity index (χ4v) is 1.53. The van der Waals surface area contributed by atoms with Gasteiger partial charge in [0, 0.05) is 19.1 Å². The Morgan fingerprint density at radius 2 is 2.10 bits per heavy atom. The molecule has 0 aromatic carbocycles. The third kappa shape index (κ3) is 5.35. The second-order valence-corrected chi connectivity index (χ2v) is 5.66. The van der Waals surface area contributed by atoms with Crippen molar-refractivity contribution in [2.45, 2.75) is 39.4 Å². The molecule has 1 heterocycles. The molecular formula is C12H22N6O2. The summed E-state index contributed by atoms with van der Waals surface area (Å²) in [6.45, 7) is 5.97. The van der Waals surface area contributed by atoms with Gasteiger partial charge >= 0.3 is 0 Å². The first kappa shape index (κ1) is 16.1. The quantitative estimate of drug-likeness (QED) is 0.728. The highest BCUT2D eigenvalue weighted by atomic mass is 16.2. The van der Waals surface area contributed by atoms with Crippen LogP contribution in [-0.2, 0) is 22.7 Å². The van der Waals surface area contributed by atoms with Crippen LogP contribution in [0.15, 0.2) is 6.20 Å². The van der Waals surface area contributed by atoms with Crippen LogP contribution in [0.5, 0.6) is 0 Å². The first-order valence-corrected chi connectivity index (χ1v) is 6.35. The zero-order valence-electron chi connectivity index (χ0n) is 12.4. The largest absolute Gasteiger partial charge is 0.350 e. The number of likely N-dealkylation sites (N-methyl/N-ethyl adjacent to an activating group) is 1. The van der Waals surface area contributed by atoms with Crippen LogP contribution < -0.4 is 11.1 Å². The summed E-state index contributed by atoms with van der Waals surface area (Å²) in [6, 6.07) is 0. The Bertz CT molecular complexity index is 477. The van der Waals surface area contributed by atoms with Crippen LogP contribution >= 0.6 is 0 Å². The minimum atomic E-state index is -0.317. The molecule has 3 N–H and O–H groups in total. The Morgan fingerprint density at radius 3 is 2.60 bits per heavy atom. The van der Waals surface area contributed by atoms with Gasteiger partial charge in [-0.3, -0.25) is 9.59 Å². The molecule has 0 saturated carbocycles. The van der Waals surface area contributed by atoms with Gasteiger partial charge in [-0.05, 0) is 20.8 Å². The number of rotatable bonds is 5. The van der Waals surface area contributed by atoms with Crippen LogP contribution in [0.3, 0.4) is 0 Å². The maximum absolute atomic E-state index is 11.9. The number of aromatic nitrogens is 3. The lowest BCUT2D eigenvalue weighted by molar-refractivity contribution is -0.135. The molecule has 8 heteroatoms. The van der Waals surface area contributed by atoms with Crippen molar-refractivity contribution in [3.63, 3.8) is 0 Å². The first-order chi connectivity index (χ1) is 9.21. The zero-order chi connectivity index (χ0) is 15.3.